The molecule has 0 saturated carbocycles. The van der Waals surface area contributed by atoms with Crippen LogP contribution >= 0.6 is 15.9 Å². The van der Waals surface area contributed by atoms with Crippen molar-refractivity contribution in [3.8, 4) is 0 Å². The molecule has 0 bridgehead atoms. The number of carboxylic acid groups (broad SMARTS) is 1. The Morgan fingerprint density at radius 2 is 2.18 bits per heavy atom. The number of pyridine rings is 1. The minimum Gasteiger partial charge on any atom is -0.477 e. The fourth-order valence-corrected chi connectivity index (χ4v) is 0.930. The van der Waals surface area contributed by atoms with E-state index < -0.39 is 11.5 Å². The molecule has 0 atom stereocenters. The smallest absolute Gasteiger partial charge is 0.341 e. The van der Waals surface area contributed by atoms with E-state index in [9.17, 15) is 9.59 Å². The van der Waals surface area contributed by atoms with Gasteiger partial charge in [0.1, 0.15) is 5.56 Å². The predicted molar refractivity (Wildman–Crippen MR) is 41.7 cm³/mol. The van der Waals surface area contributed by atoms with Crippen molar-refractivity contribution in [3.05, 3.63) is 32.7 Å². The second kappa shape index (κ2) is 2.87. The number of nitrogens with one attached hydrogen (secondary N) is 1. The van der Waals surface area contributed by atoms with Gasteiger partial charge in [-0.1, -0.05) is 0 Å². The largest absolute Gasteiger partial charge is 0.477 e. The second-order valence-electron chi connectivity index (χ2n) is 1.85. The summed E-state index contributed by atoms with van der Waals surface area (Å²) >= 11 is 3.00. The molecule has 1 aromatic rings. The van der Waals surface area contributed by atoms with Crippen LogP contribution in [0.1, 0.15) is 10.4 Å². The molecule has 2 N–H and O–H groups in total. The summed E-state index contributed by atoms with van der Waals surface area (Å²) in [6.45, 7) is 0. The number of aromatic amines is 1. The molecular formula is C6H4BrNO3. The van der Waals surface area contributed by atoms with E-state index in [-0.39, 0.29) is 5.56 Å². The van der Waals surface area contributed by atoms with E-state index in [1.807, 2.05) is 0 Å². The van der Waals surface area contributed by atoms with Crippen LogP contribution in [-0.4, -0.2) is 16.1 Å². The fraction of sp³-hybridized carbons (Fsp3) is 0. The normalized spacial score (nSPS) is 9.55. The maximum absolute atomic E-state index is 10.8. The summed E-state index contributed by atoms with van der Waals surface area (Å²) in [5, 5.41) is 8.42. The molecule has 0 radical (unpaired) electrons. The lowest BCUT2D eigenvalue weighted by Crippen LogP contribution is -2.16. The minimum atomic E-state index is -1.22. The monoisotopic (exact) mass is 217 g/mol. The Labute approximate surface area is 70.0 Å². The van der Waals surface area contributed by atoms with E-state index >= 15 is 0 Å². The number of rotatable bonds is 1. The molecule has 0 aliphatic heterocycles. The molecule has 0 aromatic carbocycles. The number of aromatic carboxylic acids is 1. The highest BCUT2D eigenvalue weighted by atomic mass is 79.9. The molecule has 0 unspecified atom stereocenters. The van der Waals surface area contributed by atoms with Gasteiger partial charge in [-0.25, -0.2) is 4.79 Å². The molecule has 0 aliphatic carbocycles. The van der Waals surface area contributed by atoms with Gasteiger partial charge in [-0.05, 0) is 28.1 Å². The Balaban J connectivity index is 3.32. The molecule has 5 heteroatoms. The topological polar surface area (TPSA) is 70.2 Å². The van der Waals surface area contributed by atoms with Crippen LogP contribution in [0, 0.1) is 0 Å². The molecule has 0 amide bonds. The SMILES string of the molecule is O=C(O)c1ccc(Br)[nH]c1=O. The van der Waals surface area contributed by atoms with E-state index in [4.69, 9.17) is 5.11 Å². The number of carboxylic acids is 1. The Bertz CT molecular complexity index is 344. The van der Waals surface area contributed by atoms with E-state index in [1.54, 1.807) is 0 Å². The fourth-order valence-electron chi connectivity index (χ4n) is 0.618. The van der Waals surface area contributed by atoms with Crippen LogP contribution in [0.2, 0.25) is 0 Å². The maximum atomic E-state index is 10.8. The molecule has 11 heavy (non-hydrogen) atoms. The Morgan fingerprint density at radius 3 is 2.64 bits per heavy atom. The van der Waals surface area contributed by atoms with Crippen molar-refractivity contribution in [2.45, 2.75) is 0 Å². The van der Waals surface area contributed by atoms with Gasteiger partial charge in [0.25, 0.3) is 5.56 Å². The third kappa shape index (κ3) is 1.68. The Kier molecular flexibility index (Phi) is 2.09. The van der Waals surface area contributed by atoms with Crippen LogP contribution in [0.25, 0.3) is 0 Å². The molecule has 1 heterocycles. The summed E-state index contributed by atoms with van der Waals surface area (Å²) in [7, 11) is 0. The number of aromatic nitrogens is 1. The summed E-state index contributed by atoms with van der Waals surface area (Å²) in [6, 6.07) is 2.70. The lowest BCUT2D eigenvalue weighted by atomic mass is 10.3. The van der Waals surface area contributed by atoms with Crippen LogP contribution < -0.4 is 5.56 Å². The maximum Gasteiger partial charge on any atom is 0.341 e. The van der Waals surface area contributed by atoms with E-state index in [0.29, 0.717) is 4.60 Å². The first kappa shape index (κ1) is 8.00. The number of hydrogen-bond acceptors (Lipinski definition) is 2. The standard InChI is InChI=1S/C6H4BrNO3/c7-4-2-1-3(6(10)11)5(9)8-4/h1-2H,(H,8,9)(H,10,11). The highest BCUT2D eigenvalue weighted by Crippen LogP contribution is 2.01. The molecule has 1 rings (SSSR count). The minimum absolute atomic E-state index is 0.256. The van der Waals surface area contributed by atoms with Gasteiger partial charge in [-0.3, -0.25) is 4.79 Å². The first-order valence-corrected chi connectivity index (χ1v) is 3.52. The number of carbonyl (C=O) groups is 1. The number of halogens is 1. The molecule has 1 aromatic heterocycles. The van der Waals surface area contributed by atoms with Gasteiger partial charge in [0.2, 0.25) is 0 Å². The van der Waals surface area contributed by atoms with Gasteiger partial charge in [0.05, 0.1) is 4.60 Å². The third-order valence-electron chi connectivity index (χ3n) is 1.10. The van der Waals surface area contributed by atoms with E-state index in [0.717, 1.165) is 0 Å². The summed E-state index contributed by atoms with van der Waals surface area (Å²) in [5.74, 6) is -1.22. The van der Waals surface area contributed by atoms with Crippen molar-refractivity contribution < 1.29 is 9.90 Å². The van der Waals surface area contributed by atoms with E-state index in [2.05, 4.69) is 20.9 Å². The van der Waals surface area contributed by atoms with Gasteiger partial charge >= 0.3 is 5.97 Å². The third-order valence-corrected chi connectivity index (χ3v) is 1.57. The second-order valence-corrected chi connectivity index (χ2v) is 2.71. The molecular weight excluding hydrogens is 214 g/mol. The van der Waals surface area contributed by atoms with Crippen molar-refractivity contribution in [3.63, 3.8) is 0 Å². The van der Waals surface area contributed by atoms with Crippen LogP contribution in [-0.2, 0) is 0 Å². The highest BCUT2D eigenvalue weighted by Gasteiger charge is 2.06. The van der Waals surface area contributed by atoms with Gasteiger partial charge in [0.15, 0.2) is 0 Å². The highest BCUT2D eigenvalue weighted by molar-refractivity contribution is 9.10. The molecule has 0 aliphatic rings. The first-order chi connectivity index (χ1) is 5.11. The van der Waals surface area contributed by atoms with Crippen molar-refractivity contribution in [1.29, 1.82) is 0 Å². The molecule has 0 saturated heterocycles. The van der Waals surface area contributed by atoms with Gasteiger partial charge in [0, 0.05) is 0 Å². The van der Waals surface area contributed by atoms with Crippen molar-refractivity contribution in [2.24, 2.45) is 0 Å². The zero-order chi connectivity index (χ0) is 8.43. The lowest BCUT2D eigenvalue weighted by molar-refractivity contribution is 0.0695. The quantitative estimate of drug-likeness (QED) is 0.686. The van der Waals surface area contributed by atoms with Crippen LogP contribution in [0.5, 0.6) is 0 Å². The number of H-pyrrole nitrogens is 1. The number of hydrogen-bond donors (Lipinski definition) is 2. The lowest BCUT2D eigenvalue weighted by Gasteiger charge is -1.92. The summed E-state index contributed by atoms with van der Waals surface area (Å²) < 4.78 is 0.465. The molecule has 0 spiro atoms. The van der Waals surface area contributed by atoms with Gasteiger partial charge < -0.3 is 10.1 Å². The summed E-state index contributed by atoms with van der Waals surface area (Å²) in [4.78, 5) is 23.4. The van der Waals surface area contributed by atoms with Crippen LogP contribution in [0.3, 0.4) is 0 Å². The predicted octanol–water partition coefficient (Wildman–Crippen LogP) is 0.836. The van der Waals surface area contributed by atoms with E-state index in [1.165, 1.54) is 12.1 Å². The average Bonchev–Trinajstić information content (AvgIpc) is 1.85. The molecule has 0 fully saturated rings. The zero-order valence-corrected chi connectivity index (χ0v) is 6.88. The molecule has 58 valence electrons. The van der Waals surface area contributed by atoms with Gasteiger partial charge in [-0.2, -0.15) is 0 Å². The summed E-state index contributed by atoms with van der Waals surface area (Å²) in [5.41, 5.74) is -0.861. The first-order valence-electron chi connectivity index (χ1n) is 2.73. The zero-order valence-electron chi connectivity index (χ0n) is 5.30. The Morgan fingerprint density at radius 1 is 1.55 bits per heavy atom. The van der Waals surface area contributed by atoms with Crippen molar-refractivity contribution in [2.75, 3.05) is 0 Å². The Hall–Kier alpha value is -1.10. The average molecular weight is 218 g/mol. The van der Waals surface area contributed by atoms with Crippen molar-refractivity contribution >= 4 is 21.9 Å². The molecule has 4 nitrogen and oxygen atoms in total. The van der Waals surface area contributed by atoms with Crippen LogP contribution in [0.4, 0.5) is 0 Å². The summed E-state index contributed by atoms with van der Waals surface area (Å²) in [6.07, 6.45) is 0. The van der Waals surface area contributed by atoms with Crippen molar-refractivity contribution in [1.82, 2.24) is 4.98 Å². The van der Waals surface area contributed by atoms with Gasteiger partial charge in [-0.15, -0.1) is 0 Å². The van der Waals surface area contributed by atoms with Crippen LogP contribution in [0.15, 0.2) is 21.5 Å².